The average molecular weight is 492 g/mol. The molecule has 0 saturated carbocycles. The molecule has 1 saturated heterocycles. The average Bonchev–Trinajstić information content (AvgIpc) is 3.33. The molecule has 1 heterocycles. The maximum Gasteiger partial charge on any atom is 0.243 e. The Morgan fingerprint density at radius 3 is 2.50 bits per heavy atom. The first-order valence-electron chi connectivity index (χ1n) is 11.2. The smallest absolute Gasteiger partial charge is 0.243 e. The topological polar surface area (TPSA) is 105 Å². The number of amides is 2. The number of hydrogen-bond acceptors (Lipinski definition) is 5. The summed E-state index contributed by atoms with van der Waals surface area (Å²) in [5.74, 6) is -2.03. The molecule has 8 nitrogen and oxygen atoms in total. The highest BCUT2D eigenvalue weighted by atomic mass is 32.2. The Labute approximate surface area is 199 Å². The molecule has 0 spiro atoms. The van der Waals surface area contributed by atoms with Crippen molar-refractivity contribution < 1.29 is 27.1 Å². The molecule has 0 aliphatic carbocycles. The SMILES string of the molecule is CC(C)[C@@H](C(=O)NC[C@@H]1CCCO1)N(C(=O)CNS(=O)(=O)c1ccccc1)c1cccc(F)c1. The quantitative estimate of drug-likeness (QED) is 0.531. The van der Waals surface area contributed by atoms with E-state index in [-0.39, 0.29) is 22.6 Å². The van der Waals surface area contributed by atoms with Crippen molar-refractivity contribution in [3.05, 3.63) is 60.4 Å². The number of nitrogens with zero attached hydrogens (tertiary/aromatic N) is 1. The van der Waals surface area contributed by atoms with Crippen molar-refractivity contribution in [3.8, 4) is 0 Å². The van der Waals surface area contributed by atoms with Gasteiger partial charge in [-0.2, -0.15) is 0 Å². The number of halogens is 1. The molecular weight excluding hydrogens is 461 g/mol. The number of ether oxygens (including phenoxy) is 1. The van der Waals surface area contributed by atoms with E-state index in [0.717, 1.165) is 23.8 Å². The zero-order valence-electron chi connectivity index (χ0n) is 19.2. The molecule has 0 unspecified atom stereocenters. The first kappa shape index (κ1) is 25.8. The van der Waals surface area contributed by atoms with E-state index in [1.165, 1.54) is 30.3 Å². The molecule has 1 aliphatic rings. The number of carbonyl (C=O) groups excluding carboxylic acids is 2. The second kappa shape index (κ2) is 11.5. The third kappa shape index (κ3) is 6.62. The Balaban J connectivity index is 1.84. The van der Waals surface area contributed by atoms with Gasteiger partial charge in [0.05, 0.1) is 17.5 Å². The van der Waals surface area contributed by atoms with Crippen molar-refractivity contribution in [1.82, 2.24) is 10.0 Å². The van der Waals surface area contributed by atoms with Crippen LogP contribution in [0, 0.1) is 11.7 Å². The van der Waals surface area contributed by atoms with Crippen LogP contribution in [0.4, 0.5) is 10.1 Å². The summed E-state index contributed by atoms with van der Waals surface area (Å²) < 4.78 is 47.1. The zero-order chi connectivity index (χ0) is 24.7. The van der Waals surface area contributed by atoms with E-state index in [1.54, 1.807) is 32.0 Å². The summed E-state index contributed by atoms with van der Waals surface area (Å²) in [5.41, 5.74) is 0.162. The Hall–Kier alpha value is -2.82. The van der Waals surface area contributed by atoms with Crippen molar-refractivity contribution in [2.45, 2.75) is 43.7 Å². The summed E-state index contributed by atoms with van der Waals surface area (Å²) >= 11 is 0. The van der Waals surface area contributed by atoms with E-state index < -0.39 is 40.2 Å². The Morgan fingerprint density at radius 1 is 1.15 bits per heavy atom. The molecule has 0 aromatic heterocycles. The lowest BCUT2D eigenvalue weighted by Gasteiger charge is -2.34. The Kier molecular flexibility index (Phi) is 8.76. The summed E-state index contributed by atoms with van der Waals surface area (Å²) in [4.78, 5) is 27.7. The fraction of sp³-hybridized carbons (Fsp3) is 0.417. The molecule has 2 aromatic rings. The molecule has 184 valence electrons. The number of carbonyl (C=O) groups is 2. The first-order valence-corrected chi connectivity index (χ1v) is 12.7. The first-order chi connectivity index (χ1) is 16.2. The summed E-state index contributed by atoms with van der Waals surface area (Å²) in [6.45, 7) is 3.88. The highest BCUT2D eigenvalue weighted by molar-refractivity contribution is 7.89. The highest BCUT2D eigenvalue weighted by Crippen LogP contribution is 2.23. The third-order valence-electron chi connectivity index (χ3n) is 5.53. The van der Waals surface area contributed by atoms with Gasteiger partial charge in [0.15, 0.2) is 0 Å². The minimum absolute atomic E-state index is 0.00909. The van der Waals surface area contributed by atoms with Crippen LogP contribution in [0.1, 0.15) is 26.7 Å². The molecule has 1 aliphatic heterocycles. The number of anilines is 1. The number of rotatable bonds is 10. The second-order valence-corrected chi connectivity index (χ2v) is 10.2. The highest BCUT2D eigenvalue weighted by Gasteiger charge is 2.34. The summed E-state index contributed by atoms with van der Waals surface area (Å²) in [5, 5.41) is 2.83. The van der Waals surface area contributed by atoms with Crippen molar-refractivity contribution in [3.63, 3.8) is 0 Å². The van der Waals surface area contributed by atoms with E-state index in [0.29, 0.717) is 13.2 Å². The van der Waals surface area contributed by atoms with Crippen molar-refractivity contribution >= 4 is 27.5 Å². The maximum absolute atomic E-state index is 14.0. The summed E-state index contributed by atoms with van der Waals surface area (Å²) in [7, 11) is -3.96. The van der Waals surface area contributed by atoms with Crippen molar-refractivity contribution in [1.29, 1.82) is 0 Å². The summed E-state index contributed by atoms with van der Waals surface area (Å²) in [6, 6.07) is 12.0. The minimum atomic E-state index is -3.96. The summed E-state index contributed by atoms with van der Waals surface area (Å²) in [6.07, 6.45) is 1.66. The molecule has 0 bridgehead atoms. The lowest BCUT2D eigenvalue weighted by Crippen LogP contribution is -2.55. The molecule has 1 fully saturated rings. The Bertz CT molecular complexity index is 1090. The van der Waals surface area contributed by atoms with Gasteiger partial charge >= 0.3 is 0 Å². The van der Waals surface area contributed by atoms with E-state index >= 15 is 0 Å². The van der Waals surface area contributed by atoms with Crippen molar-refractivity contribution in [2.24, 2.45) is 5.92 Å². The Morgan fingerprint density at radius 2 is 1.88 bits per heavy atom. The van der Waals surface area contributed by atoms with E-state index in [4.69, 9.17) is 4.74 Å². The second-order valence-electron chi connectivity index (χ2n) is 8.45. The number of hydrogen-bond donors (Lipinski definition) is 2. The van der Waals surface area contributed by atoms with Crippen molar-refractivity contribution in [2.75, 3.05) is 24.6 Å². The molecule has 2 atom stereocenters. The van der Waals surface area contributed by atoms with Gasteiger partial charge in [0.25, 0.3) is 0 Å². The molecular formula is C24H30FN3O5S. The van der Waals surface area contributed by atoms with E-state index in [2.05, 4.69) is 10.0 Å². The van der Waals surface area contributed by atoms with Gasteiger partial charge in [-0.3, -0.25) is 14.5 Å². The standard InChI is InChI=1S/C24H30FN3O5S/c1-17(2)23(24(30)26-15-20-10-7-13-33-20)28(19-9-6-8-18(25)14-19)22(29)16-27-34(31,32)21-11-4-3-5-12-21/h3-6,8-9,11-12,14,17,20,23,27H,7,10,13,15-16H2,1-2H3,(H,26,30)/t20-,23-/m0/s1. The molecule has 2 N–H and O–H groups in total. The fourth-order valence-electron chi connectivity index (χ4n) is 3.85. The lowest BCUT2D eigenvalue weighted by atomic mass is 10.00. The fourth-order valence-corrected chi connectivity index (χ4v) is 4.85. The monoisotopic (exact) mass is 491 g/mol. The zero-order valence-corrected chi connectivity index (χ0v) is 20.1. The largest absolute Gasteiger partial charge is 0.376 e. The van der Waals surface area contributed by atoms with Crippen LogP contribution in [0.5, 0.6) is 0 Å². The van der Waals surface area contributed by atoms with Crippen LogP contribution in [-0.4, -0.2) is 52.1 Å². The molecule has 2 amide bonds. The van der Waals surface area contributed by atoms with E-state index in [1.807, 2.05) is 0 Å². The van der Waals surface area contributed by atoms with Gasteiger partial charge < -0.3 is 10.1 Å². The maximum atomic E-state index is 14.0. The minimum Gasteiger partial charge on any atom is -0.376 e. The van der Waals surface area contributed by atoms with Gasteiger partial charge in [-0.15, -0.1) is 0 Å². The van der Waals surface area contributed by atoms with Crippen LogP contribution < -0.4 is 14.9 Å². The van der Waals surface area contributed by atoms with Crippen LogP contribution in [-0.2, 0) is 24.3 Å². The normalized spacial score (nSPS) is 16.9. The van der Waals surface area contributed by atoms with Gasteiger partial charge in [0.2, 0.25) is 21.8 Å². The number of benzene rings is 2. The van der Waals surface area contributed by atoms with Crippen LogP contribution >= 0.6 is 0 Å². The van der Waals surface area contributed by atoms with Gasteiger partial charge in [0, 0.05) is 18.8 Å². The molecule has 10 heteroatoms. The van der Waals surface area contributed by atoms with Crippen LogP contribution in [0.25, 0.3) is 0 Å². The van der Waals surface area contributed by atoms with Gasteiger partial charge in [-0.1, -0.05) is 38.1 Å². The van der Waals surface area contributed by atoms with E-state index in [9.17, 15) is 22.4 Å². The van der Waals surface area contributed by atoms with Gasteiger partial charge in [-0.25, -0.2) is 17.5 Å². The number of sulfonamides is 1. The molecule has 34 heavy (non-hydrogen) atoms. The van der Waals surface area contributed by atoms with Gasteiger partial charge in [-0.05, 0) is 49.1 Å². The predicted octanol–water partition coefficient (Wildman–Crippen LogP) is 2.46. The molecule has 2 aromatic carbocycles. The number of nitrogens with one attached hydrogen (secondary N) is 2. The predicted molar refractivity (Wildman–Crippen MR) is 126 cm³/mol. The third-order valence-corrected chi connectivity index (χ3v) is 6.95. The van der Waals surface area contributed by atoms with Crippen LogP contribution in [0.15, 0.2) is 59.5 Å². The van der Waals surface area contributed by atoms with Crippen LogP contribution in [0.2, 0.25) is 0 Å². The lowest BCUT2D eigenvalue weighted by molar-refractivity contribution is -0.127. The molecule has 3 rings (SSSR count). The molecule has 0 radical (unpaired) electrons. The van der Waals surface area contributed by atoms with Crippen LogP contribution in [0.3, 0.4) is 0 Å². The van der Waals surface area contributed by atoms with Gasteiger partial charge in [0.1, 0.15) is 11.9 Å².